The van der Waals surface area contributed by atoms with Crippen LogP contribution in [0, 0.1) is 25.6 Å². The molecule has 1 saturated carbocycles. The normalized spacial score (nSPS) is 15.4. The van der Waals surface area contributed by atoms with Crippen molar-refractivity contribution < 1.29 is 9.18 Å². The van der Waals surface area contributed by atoms with Crippen molar-refractivity contribution in [1.82, 2.24) is 9.78 Å². The molecule has 2 aromatic rings. The van der Waals surface area contributed by atoms with Gasteiger partial charge in [-0.3, -0.25) is 9.48 Å². The van der Waals surface area contributed by atoms with Crippen LogP contribution in [0.25, 0.3) is 0 Å². The van der Waals surface area contributed by atoms with Gasteiger partial charge in [0.1, 0.15) is 5.82 Å². The number of hydrogen-bond acceptors (Lipinski definition) is 2. The van der Waals surface area contributed by atoms with E-state index in [1.54, 1.807) is 10.7 Å². The van der Waals surface area contributed by atoms with E-state index in [1.807, 2.05) is 13.8 Å². The predicted molar refractivity (Wildman–Crippen MR) is 97.4 cm³/mol. The van der Waals surface area contributed by atoms with Gasteiger partial charge in [0.25, 0.3) is 0 Å². The van der Waals surface area contributed by atoms with Gasteiger partial charge >= 0.3 is 0 Å². The van der Waals surface area contributed by atoms with E-state index in [-0.39, 0.29) is 17.6 Å². The van der Waals surface area contributed by atoms with Crippen molar-refractivity contribution in [3.05, 3.63) is 46.0 Å². The van der Waals surface area contributed by atoms with Gasteiger partial charge in [0, 0.05) is 10.9 Å². The Morgan fingerprint density at radius 1 is 1.32 bits per heavy atom. The average molecular weight is 364 g/mol. The zero-order valence-electron chi connectivity index (χ0n) is 14.6. The highest BCUT2D eigenvalue weighted by Crippen LogP contribution is 2.27. The zero-order chi connectivity index (χ0) is 18.0. The molecular weight excluding hydrogens is 341 g/mol. The number of benzene rings is 1. The molecule has 1 N–H and O–H groups in total. The second-order valence-electron chi connectivity index (χ2n) is 6.76. The van der Waals surface area contributed by atoms with E-state index >= 15 is 0 Å². The smallest absolute Gasteiger partial charge is 0.227 e. The SMILES string of the molecule is Cc1nn(Cc2ccc(F)cc2Cl)c(C)c1NC(=O)C1CCCCC1. The van der Waals surface area contributed by atoms with Gasteiger partial charge in [-0.05, 0) is 44.4 Å². The molecule has 0 aliphatic heterocycles. The molecule has 1 aromatic carbocycles. The summed E-state index contributed by atoms with van der Waals surface area (Å²) in [5.41, 5.74) is 3.22. The molecule has 0 atom stereocenters. The largest absolute Gasteiger partial charge is 0.323 e. The molecule has 1 aromatic heterocycles. The summed E-state index contributed by atoms with van der Waals surface area (Å²) in [6, 6.07) is 4.35. The second kappa shape index (κ2) is 7.56. The van der Waals surface area contributed by atoms with Crippen molar-refractivity contribution in [2.24, 2.45) is 5.92 Å². The quantitative estimate of drug-likeness (QED) is 0.843. The molecule has 0 saturated heterocycles. The minimum Gasteiger partial charge on any atom is -0.323 e. The third-order valence-electron chi connectivity index (χ3n) is 4.94. The number of hydrogen-bond donors (Lipinski definition) is 1. The van der Waals surface area contributed by atoms with E-state index in [0.29, 0.717) is 11.6 Å². The molecule has 1 aliphatic carbocycles. The summed E-state index contributed by atoms with van der Waals surface area (Å²) in [4.78, 5) is 12.5. The second-order valence-corrected chi connectivity index (χ2v) is 7.17. The standard InChI is InChI=1S/C19H23ClFN3O/c1-12-18(22-19(25)14-6-4-3-5-7-14)13(2)24(23-12)11-15-8-9-16(21)10-17(15)20/h8-10,14H,3-7,11H2,1-2H3,(H,22,25). The number of carbonyl (C=O) groups excluding carboxylic acids is 1. The Balaban J connectivity index is 1.77. The lowest BCUT2D eigenvalue weighted by Gasteiger charge is -2.20. The fourth-order valence-electron chi connectivity index (χ4n) is 3.43. The van der Waals surface area contributed by atoms with E-state index in [0.717, 1.165) is 48.3 Å². The Morgan fingerprint density at radius 2 is 2.04 bits per heavy atom. The molecule has 6 heteroatoms. The lowest BCUT2D eigenvalue weighted by atomic mass is 9.88. The third kappa shape index (κ3) is 4.03. The van der Waals surface area contributed by atoms with Crippen LogP contribution >= 0.6 is 11.6 Å². The monoisotopic (exact) mass is 363 g/mol. The number of halogens is 2. The van der Waals surface area contributed by atoms with Crippen LogP contribution in [0.1, 0.15) is 49.1 Å². The number of aryl methyl sites for hydroxylation is 1. The Hall–Kier alpha value is -1.88. The van der Waals surface area contributed by atoms with Gasteiger partial charge in [-0.1, -0.05) is 36.9 Å². The minimum absolute atomic E-state index is 0.0882. The molecule has 0 radical (unpaired) electrons. The Kier molecular flexibility index (Phi) is 5.42. The van der Waals surface area contributed by atoms with E-state index in [9.17, 15) is 9.18 Å². The van der Waals surface area contributed by atoms with Crippen molar-refractivity contribution in [1.29, 1.82) is 0 Å². The first kappa shape index (κ1) is 17.9. The summed E-state index contributed by atoms with van der Waals surface area (Å²) in [6.07, 6.45) is 5.39. The number of amides is 1. The van der Waals surface area contributed by atoms with Crippen LogP contribution in [-0.2, 0) is 11.3 Å². The molecule has 4 nitrogen and oxygen atoms in total. The molecule has 1 aliphatic rings. The molecule has 0 bridgehead atoms. The third-order valence-corrected chi connectivity index (χ3v) is 5.29. The summed E-state index contributed by atoms with van der Waals surface area (Å²) in [6.45, 7) is 4.24. The number of rotatable bonds is 4. The highest BCUT2D eigenvalue weighted by Gasteiger charge is 2.23. The number of carbonyl (C=O) groups is 1. The molecule has 0 spiro atoms. The van der Waals surface area contributed by atoms with Crippen molar-refractivity contribution >= 4 is 23.2 Å². The minimum atomic E-state index is -0.359. The zero-order valence-corrected chi connectivity index (χ0v) is 15.4. The van der Waals surface area contributed by atoms with Crippen LogP contribution in [0.15, 0.2) is 18.2 Å². The first-order valence-electron chi connectivity index (χ1n) is 8.74. The molecule has 134 valence electrons. The maximum Gasteiger partial charge on any atom is 0.227 e. The number of nitrogens with zero attached hydrogens (tertiary/aromatic N) is 2. The van der Waals surface area contributed by atoms with Crippen LogP contribution in [0.2, 0.25) is 5.02 Å². The molecule has 1 amide bonds. The van der Waals surface area contributed by atoms with Crippen LogP contribution < -0.4 is 5.32 Å². The Bertz CT molecular complexity index is 781. The van der Waals surface area contributed by atoms with Crippen LogP contribution in [-0.4, -0.2) is 15.7 Å². The summed E-state index contributed by atoms with van der Waals surface area (Å²) >= 11 is 6.11. The van der Waals surface area contributed by atoms with Crippen molar-refractivity contribution in [3.63, 3.8) is 0 Å². The number of aromatic nitrogens is 2. The highest BCUT2D eigenvalue weighted by molar-refractivity contribution is 6.31. The first-order valence-corrected chi connectivity index (χ1v) is 9.12. The van der Waals surface area contributed by atoms with Gasteiger partial charge in [0.2, 0.25) is 5.91 Å². The lowest BCUT2D eigenvalue weighted by molar-refractivity contribution is -0.120. The number of anilines is 1. The van der Waals surface area contributed by atoms with E-state index in [1.165, 1.54) is 18.6 Å². The van der Waals surface area contributed by atoms with Gasteiger partial charge in [-0.25, -0.2) is 4.39 Å². The summed E-state index contributed by atoms with van der Waals surface area (Å²) in [7, 11) is 0. The topological polar surface area (TPSA) is 46.9 Å². The molecular formula is C19H23ClFN3O. The summed E-state index contributed by atoms with van der Waals surface area (Å²) < 4.78 is 15.0. The van der Waals surface area contributed by atoms with E-state index in [2.05, 4.69) is 10.4 Å². The Labute approximate surface area is 152 Å². The van der Waals surface area contributed by atoms with Crippen molar-refractivity contribution in [2.45, 2.75) is 52.5 Å². The maximum atomic E-state index is 13.2. The summed E-state index contributed by atoms with van der Waals surface area (Å²) in [5, 5.41) is 7.95. The average Bonchev–Trinajstić information content (AvgIpc) is 2.85. The van der Waals surface area contributed by atoms with E-state index < -0.39 is 0 Å². The van der Waals surface area contributed by atoms with Crippen molar-refractivity contribution in [2.75, 3.05) is 5.32 Å². The lowest BCUT2D eigenvalue weighted by Crippen LogP contribution is -2.25. The maximum absolute atomic E-state index is 13.2. The van der Waals surface area contributed by atoms with Gasteiger partial charge in [0.15, 0.2) is 0 Å². The summed E-state index contributed by atoms with van der Waals surface area (Å²) in [5.74, 6) is -0.171. The predicted octanol–water partition coefficient (Wildman–Crippen LogP) is 4.86. The fourth-order valence-corrected chi connectivity index (χ4v) is 3.66. The van der Waals surface area contributed by atoms with Crippen LogP contribution in [0.3, 0.4) is 0 Å². The van der Waals surface area contributed by atoms with Gasteiger partial charge in [0.05, 0.1) is 23.6 Å². The highest BCUT2D eigenvalue weighted by atomic mass is 35.5. The molecule has 3 rings (SSSR count). The molecule has 25 heavy (non-hydrogen) atoms. The van der Waals surface area contributed by atoms with Crippen molar-refractivity contribution in [3.8, 4) is 0 Å². The molecule has 1 heterocycles. The Morgan fingerprint density at radius 3 is 2.72 bits per heavy atom. The number of nitrogens with one attached hydrogen (secondary N) is 1. The fraction of sp³-hybridized carbons (Fsp3) is 0.474. The molecule has 0 unspecified atom stereocenters. The van der Waals surface area contributed by atoms with Crippen LogP contribution in [0.4, 0.5) is 10.1 Å². The van der Waals surface area contributed by atoms with Crippen LogP contribution in [0.5, 0.6) is 0 Å². The first-order chi connectivity index (χ1) is 12.0. The molecule has 1 fully saturated rings. The van der Waals surface area contributed by atoms with E-state index in [4.69, 9.17) is 11.6 Å². The van der Waals surface area contributed by atoms with Gasteiger partial charge in [-0.2, -0.15) is 5.10 Å². The van der Waals surface area contributed by atoms with Gasteiger partial charge < -0.3 is 5.32 Å². The van der Waals surface area contributed by atoms with Gasteiger partial charge in [-0.15, -0.1) is 0 Å².